The summed E-state index contributed by atoms with van der Waals surface area (Å²) in [4.78, 5) is 18.9. The molecule has 5 heteroatoms. The molecule has 0 aliphatic carbocycles. The molecule has 0 radical (unpaired) electrons. The molecule has 0 aromatic heterocycles. The molecule has 1 amide bonds. The van der Waals surface area contributed by atoms with Crippen LogP contribution >= 0.6 is 0 Å². The van der Waals surface area contributed by atoms with Crippen LogP contribution in [0.25, 0.3) is 0 Å². The summed E-state index contributed by atoms with van der Waals surface area (Å²) < 4.78 is 5.69. The van der Waals surface area contributed by atoms with Crippen LogP contribution in [0.2, 0.25) is 0 Å². The van der Waals surface area contributed by atoms with Gasteiger partial charge < -0.3 is 14.5 Å². The molecule has 0 N–H and O–H groups in total. The van der Waals surface area contributed by atoms with Crippen LogP contribution in [-0.2, 0) is 5.41 Å². The number of carbonyl (C=O) groups excluding carboxylic acids is 1. The first-order valence-electron chi connectivity index (χ1n) is 10.4. The van der Waals surface area contributed by atoms with Crippen molar-refractivity contribution in [1.82, 2.24) is 9.80 Å². The van der Waals surface area contributed by atoms with E-state index >= 15 is 0 Å². The molecule has 0 saturated carbocycles. The van der Waals surface area contributed by atoms with Crippen molar-refractivity contribution in [2.24, 2.45) is 0 Å². The van der Waals surface area contributed by atoms with Crippen molar-refractivity contribution in [3.63, 3.8) is 0 Å². The molecule has 1 aromatic carbocycles. The van der Waals surface area contributed by atoms with Gasteiger partial charge in [0, 0.05) is 38.3 Å². The summed E-state index contributed by atoms with van der Waals surface area (Å²) in [6, 6.07) is 6.10. The average molecular weight is 374 g/mol. The van der Waals surface area contributed by atoms with Crippen LogP contribution in [0, 0.1) is 0 Å². The van der Waals surface area contributed by atoms with Gasteiger partial charge in [-0.3, -0.25) is 4.90 Å². The van der Waals surface area contributed by atoms with Gasteiger partial charge in [-0.15, -0.1) is 0 Å². The van der Waals surface area contributed by atoms with Gasteiger partial charge in [0.2, 0.25) is 0 Å². The van der Waals surface area contributed by atoms with Gasteiger partial charge in [0.25, 0.3) is 0 Å². The normalized spacial score (nSPS) is 24.0. The van der Waals surface area contributed by atoms with Gasteiger partial charge in [-0.1, -0.05) is 39.5 Å². The van der Waals surface area contributed by atoms with Crippen molar-refractivity contribution in [3.05, 3.63) is 23.8 Å². The van der Waals surface area contributed by atoms with Gasteiger partial charge in [-0.05, 0) is 43.7 Å². The third-order valence-electron chi connectivity index (χ3n) is 6.42. The zero-order valence-corrected chi connectivity index (χ0v) is 17.6. The highest BCUT2D eigenvalue weighted by Gasteiger charge is 2.52. The van der Waals surface area contributed by atoms with E-state index in [4.69, 9.17) is 4.74 Å². The number of anilines is 1. The second kappa shape index (κ2) is 8.09. The third kappa shape index (κ3) is 3.79. The standard InChI is InChI=1S/C22H35N3O2/c1-6-7-8-9-10-14-24(4)21(26)27-17-11-12-19-18(16-17)22(2)13-15-23(3)20(22)25(19)5/h11-12,16,20H,6-10,13-15H2,1-5H3. The smallest absolute Gasteiger partial charge is 0.410 e. The van der Waals surface area contributed by atoms with E-state index in [0.29, 0.717) is 11.9 Å². The molecular weight excluding hydrogens is 338 g/mol. The Morgan fingerprint density at radius 1 is 1.26 bits per heavy atom. The number of nitrogens with zero attached hydrogens (tertiary/aromatic N) is 3. The number of likely N-dealkylation sites (tertiary alicyclic amines) is 1. The number of hydrogen-bond donors (Lipinski definition) is 0. The first-order valence-corrected chi connectivity index (χ1v) is 10.4. The Morgan fingerprint density at radius 3 is 2.74 bits per heavy atom. The Bertz CT molecular complexity index is 678. The van der Waals surface area contributed by atoms with Gasteiger partial charge in [0.05, 0.1) is 6.17 Å². The van der Waals surface area contributed by atoms with Crippen LogP contribution < -0.4 is 9.64 Å². The lowest BCUT2D eigenvalue weighted by molar-refractivity contribution is 0.162. The van der Waals surface area contributed by atoms with Gasteiger partial charge in [0.1, 0.15) is 5.75 Å². The summed E-state index contributed by atoms with van der Waals surface area (Å²) in [6.07, 6.45) is 7.20. The molecule has 2 unspecified atom stereocenters. The predicted molar refractivity (Wildman–Crippen MR) is 111 cm³/mol. The number of rotatable bonds is 7. The fourth-order valence-corrected chi connectivity index (χ4v) is 4.84. The fourth-order valence-electron chi connectivity index (χ4n) is 4.84. The first-order chi connectivity index (χ1) is 12.9. The highest BCUT2D eigenvalue weighted by molar-refractivity contribution is 5.72. The van der Waals surface area contributed by atoms with Gasteiger partial charge in [-0.2, -0.15) is 0 Å². The number of carbonyl (C=O) groups is 1. The molecule has 2 heterocycles. The summed E-state index contributed by atoms with van der Waals surface area (Å²) in [6.45, 7) is 6.39. The van der Waals surface area contributed by atoms with E-state index in [1.165, 1.54) is 36.9 Å². The molecular formula is C22H35N3O2. The van der Waals surface area contributed by atoms with Gasteiger partial charge in [-0.25, -0.2) is 4.79 Å². The molecule has 2 aliphatic rings. The highest BCUT2D eigenvalue weighted by Crippen LogP contribution is 2.51. The van der Waals surface area contributed by atoms with E-state index in [-0.39, 0.29) is 11.5 Å². The van der Waals surface area contributed by atoms with Crippen LogP contribution in [0.15, 0.2) is 18.2 Å². The number of benzene rings is 1. The van der Waals surface area contributed by atoms with Crippen LogP contribution in [0.4, 0.5) is 10.5 Å². The lowest BCUT2D eigenvalue weighted by atomic mass is 9.81. The average Bonchev–Trinajstić information content (AvgIpc) is 3.07. The van der Waals surface area contributed by atoms with Crippen molar-refractivity contribution >= 4 is 11.8 Å². The molecule has 150 valence electrons. The molecule has 2 atom stereocenters. The largest absolute Gasteiger partial charge is 0.414 e. The topological polar surface area (TPSA) is 36.0 Å². The SMILES string of the molecule is CCCCCCCN(C)C(=O)Oc1ccc2c(c1)C1(C)CCN(C)C1N2C. The van der Waals surface area contributed by atoms with Crippen LogP contribution in [-0.4, -0.2) is 56.3 Å². The van der Waals surface area contributed by atoms with Crippen molar-refractivity contribution in [2.45, 2.75) is 64.0 Å². The van der Waals surface area contributed by atoms with E-state index in [1.807, 2.05) is 13.1 Å². The van der Waals surface area contributed by atoms with Crippen LogP contribution in [0.1, 0.15) is 57.9 Å². The molecule has 1 saturated heterocycles. The minimum Gasteiger partial charge on any atom is -0.410 e. The Labute approximate surface area is 164 Å². The maximum Gasteiger partial charge on any atom is 0.414 e. The lowest BCUT2D eigenvalue weighted by Gasteiger charge is -2.32. The Balaban J connectivity index is 1.63. The van der Waals surface area contributed by atoms with Gasteiger partial charge in [0.15, 0.2) is 0 Å². The maximum atomic E-state index is 12.4. The quantitative estimate of drug-likeness (QED) is 0.661. The van der Waals surface area contributed by atoms with E-state index in [2.05, 4.69) is 49.9 Å². The molecule has 5 nitrogen and oxygen atoms in total. The monoisotopic (exact) mass is 373 g/mol. The molecule has 2 aliphatic heterocycles. The van der Waals surface area contributed by atoms with Crippen molar-refractivity contribution in [3.8, 4) is 5.75 Å². The first kappa shape index (κ1) is 20.0. The van der Waals surface area contributed by atoms with Crippen LogP contribution in [0.5, 0.6) is 5.75 Å². The summed E-state index contributed by atoms with van der Waals surface area (Å²) >= 11 is 0. The number of fused-ring (bicyclic) bond motifs is 3. The van der Waals surface area contributed by atoms with E-state index in [0.717, 1.165) is 25.9 Å². The zero-order chi connectivity index (χ0) is 19.6. The summed E-state index contributed by atoms with van der Waals surface area (Å²) in [7, 11) is 6.18. The second-order valence-electron chi connectivity index (χ2n) is 8.52. The van der Waals surface area contributed by atoms with Crippen molar-refractivity contribution < 1.29 is 9.53 Å². The summed E-state index contributed by atoms with van der Waals surface area (Å²) in [5.74, 6) is 0.654. The molecule has 1 fully saturated rings. The minimum atomic E-state index is -0.262. The van der Waals surface area contributed by atoms with E-state index in [9.17, 15) is 4.79 Å². The van der Waals surface area contributed by atoms with Crippen LogP contribution in [0.3, 0.4) is 0 Å². The Kier molecular flexibility index (Phi) is 5.99. The van der Waals surface area contributed by atoms with Crippen molar-refractivity contribution in [2.75, 3.05) is 39.1 Å². The number of ether oxygens (including phenoxy) is 1. The van der Waals surface area contributed by atoms with Gasteiger partial charge >= 0.3 is 6.09 Å². The molecule has 27 heavy (non-hydrogen) atoms. The summed E-state index contributed by atoms with van der Waals surface area (Å²) in [5.41, 5.74) is 2.64. The zero-order valence-electron chi connectivity index (χ0n) is 17.6. The Hall–Kier alpha value is -1.75. The highest BCUT2D eigenvalue weighted by atomic mass is 16.6. The maximum absolute atomic E-state index is 12.4. The van der Waals surface area contributed by atoms with E-state index in [1.54, 1.807) is 4.90 Å². The molecule has 0 spiro atoms. The lowest BCUT2D eigenvalue weighted by Crippen LogP contribution is -2.45. The molecule has 3 rings (SSSR count). The second-order valence-corrected chi connectivity index (χ2v) is 8.52. The molecule has 0 bridgehead atoms. The predicted octanol–water partition coefficient (Wildman–Crippen LogP) is 4.46. The Morgan fingerprint density at radius 2 is 2.00 bits per heavy atom. The number of amides is 1. The minimum absolute atomic E-state index is 0.0897. The number of likely N-dealkylation sites (N-methyl/N-ethyl adjacent to an activating group) is 2. The fraction of sp³-hybridized carbons (Fsp3) is 0.682. The molecule has 1 aromatic rings. The number of unbranched alkanes of at least 4 members (excludes halogenated alkanes) is 4. The third-order valence-corrected chi connectivity index (χ3v) is 6.42. The number of hydrogen-bond acceptors (Lipinski definition) is 4. The van der Waals surface area contributed by atoms with Crippen molar-refractivity contribution in [1.29, 1.82) is 0 Å². The van der Waals surface area contributed by atoms with E-state index < -0.39 is 0 Å². The summed E-state index contributed by atoms with van der Waals surface area (Å²) in [5, 5.41) is 0.